The molecular formula is C10H14KN3O2. The molecular weight excluding hydrogens is 233 g/mol. The first kappa shape index (κ1) is 14.1. The summed E-state index contributed by atoms with van der Waals surface area (Å²) < 4.78 is 0. The minimum absolute atomic E-state index is 0. The van der Waals surface area contributed by atoms with Crippen molar-refractivity contribution in [1.82, 2.24) is 10.3 Å². The van der Waals surface area contributed by atoms with Crippen LogP contribution in [0.1, 0.15) is 11.8 Å². The van der Waals surface area contributed by atoms with E-state index in [1.807, 2.05) is 0 Å². The van der Waals surface area contributed by atoms with E-state index in [1.54, 1.807) is 12.1 Å². The zero-order chi connectivity index (χ0) is 10.7. The summed E-state index contributed by atoms with van der Waals surface area (Å²) in [5.74, 6) is -0.0872. The van der Waals surface area contributed by atoms with Crippen molar-refractivity contribution in [3.63, 3.8) is 0 Å². The maximum atomic E-state index is 10.6. The topological polar surface area (TPSA) is 65.5 Å². The first-order valence-electron chi connectivity index (χ1n) is 4.92. The Kier molecular flexibility index (Phi) is 5.88. The van der Waals surface area contributed by atoms with Crippen LogP contribution in [0.4, 0.5) is 5.82 Å². The van der Waals surface area contributed by atoms with Gasteiger partial charge in [0.2, 0.25) is 0 Å². The summed E-state index contributed by atoms with van der Waals surface area (Å²) in [6.07, 6.45) is 1.40. The van der Waals surface area contributed by atoms with Crippen molar-refractivity contribution < 1.29 is 62.7 Å². The van der Waals surface area contributed by atoms with Gasteiger partial charge in [0.15, 0.2) is 0 Å². The van der Waals surface area contributed by atoms with E-state index in [0.29, 0.717) is 0 Å². The molecule has 1 aromatic rings. The minimum Gasteiger partial charge on any atom is -1.00 e. The average molecular weight is 247 g/mol. The molecule has 0 aromatic carbocycles. The Morgan fingerprint density at radius 1 is 1.44 bits per heavy atom. The number of nitrogens with zero attached hydrogens (tertiary/aromatic N) is 2. The standard InChI is InChI=1S/C10H13N3O2.K.H/c14-10(15)8-1-2-9(12-7-8)13-5-3-11-4-6-13;;/h1-2,7,11H,3-6H2,(H,14,15);;/q;+1;-1. The maximum Gasteiger partial charge on any atom is 1.00 e. The van der Waals surface area contributed by atoms with Crippen molar-refractivity contribution >= 4 is 11.8 Å². The fourth-order valence-electron chi connectivity index (χ4n) is 1.59. The van der Waals surface area contributed by atoms with E-state index >= 15 is 0 Å². The number of carboxylic acid groups (broad SMARTS) is 1. The second-order valence-corrected chi connectivity index (χ2v) is 3.45. The van der Waals surface area contributed by atoms with Gasteiger partial charge in [-0.1, -0.05) is 0 Å². The van der Waals surface area contributed by atoms with E-state index in [0.717, 1.165) is 32.0 Å². The minimum atomic E-state index is -0.936. The van der Waals surface area contributed by atoms with Crippen LogP contribution in [0.5, 0.6) is 0 Å². The van der Waals surface area contributed by atoms with Crippen molar-refractivity contribution in [2.45, 2.75) is 0 Å². The van der Waals surface area contributed by atoms with E-state index < -0.39 is 5.97 Å². The predicted molar refractivity (Wildman–Crippen MR) is 57.4 cm³/mol. The van der Waals surface area contributed by atoms with Gasteiger partial charge in [-0.2, -0.15) is 0 Å². The summed E-state index contributed by atoms with van der Waals surface area (Å²) in [6, 6.07) is 3.35. The van der Waals surface area contributed by atoms with Gasteiger partial charge in [-0.25, -0.2) is 9.78 Å². The number of aromatic carboxylic acids is 1. The molecule has 2 N–H and O–H groups in total. The number of hydrogen-bond acceptors (Lipinski definition) is 4. The number of anilines is 1. The van der Waals surface area contributed by atoms with Crippen LogP contribution in [0.25, 0.3) is 0 Å². The molecule has 0 spiro atoms. The first-order chi connectivity index (χ1) is 7.27. The zero-order valence-electron chi connectivity index (χ0n) is 10.3. The predicted octanol–water partition coefficient (Wildman–Crippen LogP) is -2.69. The number of aromatic nitrogens is 1. The third-order valence-corrected chi connectivity index (χ3v) is 2.44. The molecule has 0 saturated carbocycles. The van der Waals surface area contributed by atoms with Crippen LogP contribution < -0.4 is 61.6 Å². The molecule has 2 heterocycles. The molecule has 1 aliphatic heterocycles. The maximum absolute atomic E-state index is 10.6. The second-order valence-electron chi connectivity index (χ2n) is 3.45. The number of carboxylic acids is 1. The third kappa shape index (κ3) is 3.51. The molecule has 1 aliphatic rings. The number of nitrogens with one attached hydrogen (secondary N) is 1. The van der Waals surface area contributed by atoms with Gasteiger partial charge in [0.25, 0.3) is 0 Å². The molecule has 0 aliphatic carbocycles. The Balaban J connectivity index is 0.00000128. The van der Waals surface area contributed by atoms with E-state index in [1.165, 1.54) is 6.20 Å². The molecule has 1 saturated heterocycles. The molecule has 6 heteroatoms. The van der Waals surface area contributed by atoms with Crippen LogP contribution in [0, 0.1) is 0 Å². The number of hydrogen-bond donors (Lipinski definition) is 2. The molecule has 1 fully saturated rings. The monoisotopic (exact) mass is 247 g/mol. The molecule has 0 amide bonds. The third-order valence-electron chi connectivity index (χ3n) is 2.44. The summed E-state index contributed by atoms with van der Waals surface area (Å²) in [6.45, 7) is 3.73. The average Bonchev–Trinajstić information content (AvgIpc) is 2.30. The summed E-state index contributed by atoms with van der Waals surface area (Å²) in [5, 5.41) is 12.0. The van der Waals surface area contributed by atoms with Crippen LogP contribution in [0.15, 0.2) is 18.3 Å². The summed E-state index contributed by atoms with van der Waals surface area (Å²) in [5.41, 5.74) is 0.230. The molecule has 82 valence electrons. The Morgan fingerprint density at radius 2 is 2.12 bits per heavy atom. The van der Waals surface area contributed by atoms with E-state index in [2.05, 4.69) is 15.2 Å². The van der Waals surface area contributed by atoms with Gasteiger partial charge in [0.05, 0.1) is 5.56 Å². The SMILES string of the molecule is O=C(O)c1ccc(N2CCNCC2)nc1.[H-].[K+]. The van der Waals surface area contributed by atoms with Gasteiger partial charge >= 0.3 is 57.4 Å². The number of pyridine rings is 1. The van der Waals surface area contributed by atoms with Gasteiger partial charge in [0, 0.05) is 32.4 Å². The molecule has 0 radical (unpaired) electrons. The molecule has 2 rings (SSSR count). The summed E-state index contributed by atoms with van der Waals surface area (Å²) >= 11 is 0. The largest absolute Gasteiger partial charge is 1.00 e. The molecule has 1 aromatic heterocycles. The van der Waals surface area contributed by atoms with Gasteiger partial charge < -0.3 is 16.7 Å². The summed E-state index contributed by atoms with van der Waals surface area (Å²) in [7, 11) is 0. The van der Waals surface area contributed by atoms with E-state index in [4.69, 9.17) is 5.11 Å². The van der Waals surface area contributed by atoms with Gasteiger partial charge in [0.1, 0.15) is 5.82 Å². The van der Waals surface area contributed by atoms with Crippen LogP contribution in [0.3, 0.4) is 0 Å². The van der Waals surface area contributed by atoms with E-state index in [9.17, 15) is 4.79 Å². The molecule has 5 nitrogen and oxygen atoms in total. The smallest absolute Gasteiger partial charge is 1.00 e. The van der Waals surface area contributed by atoms with Gasteiger partial charge in [-0.3, -0.25) is 0 Å². The zero-order valence-corrected chi connectivity index (χ0v) is 12.4. The summed E-state index contributed by atoms with van der Waals surface area (Å²) in [4.78, 5) is 16.9. The van der Waals surface area contributed by atoms with Crippen molar-refractivity contribution in [3.05, 3.63) is 23.9 Å². The normalized spacial score (nSPS) is 15.4. The van der Waals surface area contributed by atoms with Gasteiger partial charge in [-0.15, -0.1) is 0 Å². The Hall–Kier alpha value is 0.0164. The molecule has 0 atom stereocenters. The van der Waals surface area contributed by atoms with E-state index in [-0.39, 0.29) is 58.4 Å². The first-order valence-corrected chi connectivity index (χ1v) is 4.92. The van der Waals surface area contributed by atoms with Crippen molar-refractivity contribution in [3.8, 4) is 0 Å². The fourth-order valence-corrected chi connectivity index (χ4v) is 1.59. The number of piperazine rings is 1. The number of rotatable bonds is 2. The van der Waals surface area contributed by atoms with Gasteiger partial charge in [-0.05, 0) is 12.1 Å². The Morgan fingerprint density at radius 3 is 2.62 bits per heavy atom. The van der Waals surface area contributed by atoms with Crippen LogP contribution >= 0.6 is 0 Å². The van der Waals surface area contributed by atoms with Crippen molar-refractivity contribution in [2.24, 2.45) is 0 Å². The molecule has 16 heavy (non-hydrogen) atoms. The van der Waals surface area contributed by atoms with Crippen LogP contribution in [0.2, 0.25) is 0 Å². The quantitative estimate of drug-likeness (QED) is 0.557. The fraction of sp³-hybridized carbons (Fsp3) is 0.400. The second kappa shape index (κ2) is 6.68. The van der Waals surface area contributed by atoms with Crippen LogP contribution in [-0.2, 0) is 0 Å². The Bertz CT molecular complexity index is 355. The number of carbonyl (C=O) groups is 1. The Labute approximate surface area is 138 Å². The molecule has 0 bridgehead atoms. The van der Waals surface area contributed by atoms with Crippen molar-refractivity contribution in [2.75, 3.05) is 31.1 Å². The molecule has 0 unspecified atom stereocenters. The van der Waals surface area contributed by atoms with Crippen LogP contribution in [-0.4, -0.2) is 42.2 Å². The van der Waals surface area contributed by atoms with Crippen molar-refractivity contribution in [1.29, 1.82) is 0 Å².